The van der Waals surface area contributed by atoms with Gasteiger partial charge in [0.15, 0.2) is 23.6 Å². The maximum atomic E-state index is 16.1. The summed E-state index contributed by atoms with van der Waals surface area (Å²) in [6, 6.07) is 3.24. The number of aromatic amines is 1. The van der Waals surface area contributed by atoms with Crippen LogP contribution in [0, 0.1) is 0 Å². The fourth-order valence-electron chi connectivity index (χ4n) is 5.49. The summed E-state index contributed by atoms with van der Waals surface area (Å²) in [6.45, 7) is -9.47. The number of fused-ring (bicyclic) bond motifs is 5. The van der Waals surface area contributed by atoms with Gasteiger partial charge in [-0.3, -0.25) is 27.9 Å². The highest BCUT2D eigenvalue weighted by molar-refractivity contribution is 8.44. The Labute approximate surface area is 266 Å². The van der Waals surface area contributed by atoms with E-state index in [1.807, 2.05) is 0 Å². The second-order valence-electron chi connectivity index (χ2n) is 10.4. The van der Waals surface area contributed by atoms with Crippen molar-refractivity contribution in [1.29, 1.82) is 0 Å². The second-order valence-corrected chi connectivity index (χ2v) is 17.4. The zero-order valence-electron chi connectivity index (χ0n) is 22.6. The van der Waals surface area contributed by atoms with Gasteiger partial charge in [0.05, 0.1) is 30.9 Å². The molecule has 45 heavy (non-hydrogen) atoms. The molecule has 7 rings (SSSR count). The van der Waals surface area contributed by atoms with Gasteiger partial charge < -0.3 is 35.3 Å². The third-order valence-corrected chi connectivity index (χ3v) is 12.3. The summed E-state index contributed by atoms with van der Waals surface area (Å²) in [6.07, 6.45) is -4.48. The third-order valence-electron chi connectivity index (χ3n) is 7.54. The van der Waals surface area contributed by atoms with Crippen LogP contribution in [0.3, 0.4) is 0 Å². The van der Waals surface area contributed by atoms with Crippen molar-refractivity contribution in [3.05, 3.63) is 41.2 Å². The van der Waals surface area contributed by atoms with Gasteiger partial charge in [-0.1, -0.05) is 12.2 Å². The van der Waals surface area contributed by atoms with Crippen LogP contribution in [0.4, 0.5) is 16.0 Å². The number of aromatic nitrogens is 6. The third kappa shape index (κ3) is 5.72. The minimum absolute atomic E-state index is 0.0372. The first-order valence-electron chi connectivity index (χ1n) is 13.2. The van der Waals surface area contributed by atoms with E-state index in [0.717, 1.165) is 11.8 Å². The molecule has 7 heterocycles. The molecule has 0 saturated carbocycles. The van der Waals surface area contributed by atoms with Gasteiger partial charge in [0.2, 0.25) is 5.95 Å². The Morgan fingerprint density at radius 3 is 2.76 bits per heavy atom. The topological polar surface area (TPSA) is 237 Å². The number of thioether (sulfide) groups is 1. The molecule has 3 saturated heterocycles. The number of aliphatic hydroxyl groups excluding tert-OH is 1. The van der Waals surface area contributed by atoms with Crippen LogP contribution in [0.15, 0.2) is 35.6 Å². The lowest BCUT2D eigenvalue weighted by molar-refractivity contribution is -0.0429. The summed E-state index contributed by atoms with van der Waals surface area (Å²) >= 11 is 10.4. The molecular formula is C22H25FN8O9P2S3. The number of nitrogens with two attached hydrogens (primary N) is 2. The molecule has 0 spiro atoms. The first-order valence-corrected chi connectivity index (χ1v) is 19.4. The number of nitrogens with one attached hydrogen (secondary N) is 1. The number of anilines is 2. The number of ether oxygens (including phenoxy) is 1. The zero-order chi connectivity index (χ0) is 31.8. The van der Waals surface area contributed by atoms with E-state index in [1.54, 1.807) is 12.1 Å². The standard InChI is InChI=1S/C22H25FN8O9P2S3/c23-12-15-10(38-20(12)30-4-2-8-9(24)1-3-26-17(8)30)5-36-41(34,43)40-16-14(32)11(6-37-42(35,44)39-15)45-21(16)31-7-27-13-18(31)28-22(25)29-19(13)33/h1-4,7,10-12,14-16,20-21,32H,5-6H2,(H2,24,26)(H,34,43)(H,35,44)(H3,25,28,29,33)/t10-,11-,12+,14-,15?,16-,20-,21-,41?,42?/m1/s1. The number of nitrogens with zero attached hydrogens (tertiary/aromatic N) is 5. The maximum Gasteiger partial charge on any atom is 0.386 e. The predicted molar refractivity (Wildman–Crippen MR) is 167 cm³/mol. The Morgan fingerprint density at radius 1 is 1.16 bits per heavy atom. The van der Waals surface area contributed by atoms with Crippen molar-refractivity contribution in [3.63, 3.8) is 0 Å². The first kappa shape index (κ1) is 31.5. The van der Waals surface area contributed by atoms with Gasteiger partial charge in [-0.25, -0.2) is 18.9 Å². The van der Waals surface area contributed by atoms with E-state index in [9.17, 15) is 19.4 Å². The van der Waals surface area contributed by atoms with E-state index in [4.69, 9.17) is 46.1 Å². The SMILES string of the molecule is Nc1nc2c(ncn2[C@@H]2S[C@@H]3COP(O)(=S)OC4[C@@H](COP(=O)(S)O[C@@H]2[C@@H]3O)O[C@@H](n2ccc3c(N)ccnc32)[C@H]4F)c(=O)[nH]1. The number of imidazole rings is 1. The number of pyridine rings is 1. The molecule has 7 N–H and O–H groups in total. The Morgan fingerprint density at radius 2 is 1.96 bits per heavy atom. The molecule has 0 amide bonds. The molecular weight excluding hydrogens is 697 g/mol. The van der Waals surface area contributed by atoms with Gasteiger partial charge in [-0.2, -0.15) is 4.98 Å². The van der Waals surface area contributed by atoms with E-state index >= 15 is 4.39 Å². The van der Waals surface area contributed by atoms with Gasteiger partial charge in [0, 0.05) is 23.5 Å². The Bertz CT molecular complexity index is 1950. The number of nitrogen functional groups attached to an aromatic ring is 2. The number of H-pyrrole nitrogens is 1. The largest absolute Gasteiger partial charge is 0.398 e. The van der Waals surface area contributed by atoms with Crippen molar-refractivity contribution in [2.45, 2.75) is 47.4 Å². The van der Waals surface area contributed by atoms with Crippen LogP contribution >= 0.6 is 37.5 Å². The fourth-order valence-corrected chi connectivity index (χ4v) is 10.1. The first-order chi connectivity index (χ1) is 21.3. The van der Waals surface area contributed by atoms with Crippen LogP contribution in [-0.2, 0) is 39.2 Å². The average Bonchev–Trinajstić information content (AvgIpc) is 3.72. The van der Waals surface area contributed by atoms with Gasteiger partial charge in [-0.15, -0.1) is 11.8 Å². The molecule has 23 heteroatoms. The summed E-state index contributed by atoms with van der Waals surface area (Å²) in [4.78, 5) is 38.2. The lowest BCUT2D eigenvalue weighted by atomic mass is 10.1. The van der Waals surface area contributed by atoms with Crippen LogP contribution in [0.2, 0.25) is 0 Å². The van der Waals surface area contributed by atoms with Crippen molar-refractivity contribution in [2.24, 2.45) is 0 Å². The van der Waals surface area contributed by atoms with Crippen LogP contribution in [-0.4, -0.2) is 88.1 Å². The Balaban J connectivity index is 1.21. The van der Waals surface area contributed by atoms with E-state index in [-0.39, 0.29) is 23.7 Å². The minimum Gasteiger partial charge on any atom is -0.398 e. The summed E-state index contributed by atoms with van der Waals surface area (Å²) in [5.41, 5.74) is 12.0. The Kier molecular flexibility index (Phi) is 8.07. The molecule has 4 aromatic rings. The number of aliphatic hydroxyl groups is 1. The van der Waals surface area contributed by atoms with Gasteiger partial charge in [0.25, 0.3) is 5.56 Å². The van der Waals surface area contributed by atoms with Crippen LogP contribution in [0.25, 0.3) is 22.2 Å². The van der Waals surface area contributed by atoms with Gasteiger partial charge >= 0.3 is 13.5 Å². The molecule has 3 unspecified atom stereocenters. The van der Waals surface area contributed by atoms with Crippen LogP contribution < -0.4 is 17.0 Å². The van der Waals surface area contributed by atoms with Crippen LogP contribution in [0.5, 0.6) is 0 Å². The summed E-state index contributed by atoms with van der Waals surface area (Å²) in [7, 11) is 0. The lowest BCUT2D eigenvalue weighted by Crippen LogP contribution is -2.35. The normalized spacial score (nSPS) is 37.7. The maximum absolute atomic E-state index is 16.1. The predicted octanol–water partition coefficient (Wildman–Crippen LogP) is 1.62. The molecule has 10 atom stereocenters. The van der Waals surface area contributed by atoms with Crippen molar-refractivity contribution in [3.8, 4) is 0 Å². The molecule has 242 valence electrons. The lowest BCUT2D eigenvalue weighted by Gasteiger charge is -2.27. The molecule has 0 aromatic carbocycles. The Hall–Kier alpha value is -2.13. The number of thiol groups is 1. The molecule has 2 bridgehead atoms. The van der Waals surface area contributed by atoms with Crippen molar-refractivity contribution in [2.75, 3.05) is 24.7 Å². The van der Waals surface area contributed by atoms with E-state index in [2.05, 4.69) is 32.2 Å². The molecule has 3 aliphatic rings. The molecule has 0 radical (unpaired) electrons. The number of hydrogen-bond acceptors (Lipinski definition) is 15. The van der Waals surface area contributed by atoms with E-state index in [0.29, 0.717) is 16.7 Å². The molecule has 17 nitrogen and oxygen atoms in total. The van der Waals surface area contributed by atoms with Gasteiger partial charge in [0.1, 0.15) is 29.3 Å². The van der Waals surface area contributed by atoms with Gasteiger partial charge in [-0.05, 0) is 23.9 Å². The van der Waals surface area contributed by atoms with E-state index in [1.165, 1.54) is 27.9 Å². The van der Waals surface area contributed by atoms with Crippen molar-refractivity contribution >= 4 is 83.2 Å². The molecule has 0 aliphatic carbocycles. The highest BCUT2D eigenvalue weighted by atomic mass is 32.7. The number of hydrogen-bond donors (Lipinski definition) is 6. The van der Waals surface area contributed by atoms with E-state index < -0.39 is 73.1 Å². The highest BCUT2D eigenvalue weighted by Gasteiger charge is 2.53. The molecule has 3 fully saturated rings. The molecule has 4 aromatic heterocycles. The summed E-state index contributed by atoms with van der Waals surface area (Å²) < 4.78 is 61.0. The van der Waals surface area contributed by atoms with Crippen LogP contribution in [0.1, 0.15) is 11.6 Å². The quantitative estimate of drug-likeness (QED) is 0.127. The smallest absolute Gasteiger partial charge is 0.386 e. The highest BCUT2D eigenvalue weighted by Crippen LogP contribution is 2.60. The monoisotopic (exact) mass is 722 g/mol. The fraction of sp³-hybridized carbons (Fsp3) is 0.455. The second kappa shape index (κ2) is 11.5. The van der Waals surface area contributed by atoms with Crippen molar-refractivity contribution < 1.29 is 41.8 Å². The summed E-state index contributed by atoms with van der Waals surface area (Å²) in [5, 5.41) is 10.0. The minimum atomic E-state index is -4.32. The average molecular weight is 723 g/mol. The number of halogens is 1. The number of rotatable bonds is 2. The number of alkyl halides is 1. The summed E-state index contributed by atoms with van der Waals surface area (Å²) in [5.74, 6) is -0.179. The van der Waals surface area contributed by atoms with Crippen molar-refractivity contribution in [1.82, 2.24) is 29.1 Å². The zero-order valence-corrected chi connectivity index (χ0v) is 26.9. The molecule has 3 aliphatic heterocycles.